The molecule has 0 saturated carbocycles. The molecule has 1 aromatic carbocycles. The molecule has 1 aliphatic rings. The minimum absolute atomic E-state index is 0.0944. The van der Waals surface area contributed by atoms with Gasteiger partial charge in [0.2, 0.25) is 0 Å². The van der Waals surface area contributed by atoms with Crippen LogP contribution in [0.4, 0.5) is 16.3 Å². The highest BCUT2D eigenvalue weighted by Gasteiger charge is 2.28. The topological polar surface area (TPSA) is 90.6 Å². The van der Waals surface area contributed by atoms with E-state index in [9.17, 15) is 9.59 Å². The molecule has 4 rings (SSSR count). The number of H-pyrrole nitrogens is 1. The average molecular weight is 393 g/mol. The number of rotatable bonds is 4. The second-order valence-corrected chi connectivity index (χ2v) is 7.23. The van der Waals surface area contributed by atoms with E-state index in [0.29, 0.717) is 29.9 Å². The summed E-state index contributed by atoms with van der Waals surface area (Å²) >= 11 is 0. The van der Waals surface area contributed by atoms with Crippen LogP contribution in [0.3, 0.4) is 0 Å². The highest BCUT2D eigenvalue weighted by atomic mass is 16.5. The number of hydrogen-bond donors (Lipinski definition) is 2. The molecule has 2 amide bonds. The maximum Gasteiger partial charge on any atom is 0.321 e. The molecular formula is C21H23N5O3. The molecule has 0 aliphatic carbocycles. The highest BCUT2D eigenvalue weighted by molar-refractivity contribution is 5.93. The zero-order valence-electron chi connectivity index (χ0n) is 16.4. The number of hydrogen-bond acceptors (Lipinski definition) is 5. The van der Waals surface area contributed by atoms with Crippen LogP contribution in [-0.4, -0.2) is 54.2 Å². The normalized spacial score (nSPS) is 16.1. The third-order valence-electron chi connectivity index (χ3n) is 4.93. The quantitative estimate of drug-likeness (QED) is 0.711. The fourth-order valence-corrected chi connectivity index (χ4v) is 3.46. The molecule has 0 radical (unpaired) electrons. The molecule has 1 fully saturated rings. The third kappa shape index (κ3) is 4.01. The second kappa shape index (κ2) is 7.83. The summed E-state index contributed by atoms with van der Waals surface area (Å²) in [5, 5.41) is 4.25. The molecular weight excluding hydrogens is 370 g/mol. The van der Waals surface area contributed by atoms with Gasteiger partial charge in [-0.25, -0.2) is 9.78 Å². The lowest BCUT2D eigenvalue weighted by atomic mass is 10.1. The predicted molar refractivity (Wildman–Crippen MR) is 113 cm³/mol. The van der Waals surface area contributed by atoms with Crippen molar-refractivity contribution in [3.63, 3.8) is 0 Å². The van der Waals surface area contributed by atoms with E-state index in [2.05, 4.69) is 15.3 Å². The Bertz CT molecular complexity index is 1090. The number of carbonyl (C=O) groups is 1. The van der Waals surface area contributed by atoms with Gasteiger partial charge in [0.1, 0.15) is 6.10 Å². The molecule has 0 spiro atoms. The Morgan fingerprint density at radius 2 is 2.17 bits per heavy atom. The Labute approximate surface area is 168 Å². The summed E-state index contributed by atoms with van der Waals surface area (Å²) in [6, 6.07) is 10.6. The number of ether oxygens (including phenoxy) is 1. The van der Waals surface area contributed by atoms with Crippen molar-refractivity contribution in [1.82, 2.24) is 14.9 Å². The largest absolute Gasteiger partial charge is 0.485 e. The lowest BCUT2D eigenvalue weighted by Crippen LogP contribution is -2.34. The van der Waals surface area contributed by atoms with Gasteiger partial charge in [-0.15, -0.1) is 0 Å². The van der Waals surface area contributed by atoms with Crippen molar-refractivity contribution < 1.29 is 9.53 Å². The zero-order chi connectivity index (χ0) is 20.4. The number of carbonyl (C=O) groups excluding carboxylic acids is 1. The van der Waals surface area contributed by atoms with Gasteiger partial charge in [0.05, 0.1) is 6.54 Å². The Hall–Kier alpha value is -3.55. The van der Waals surface area contributed by atoms with E-state index in [-0.39, 0.29) is 17.7 Å². The lowest BCUT2D eigenvalue weighted by molar-refractivity contribution is 0.195. The summed E-state index contributed by atoms with van der Waals surface area (Å²) in [5.41, 5.74) is 0.409. The molecule has 0 bridgehead atoms. The molecule has 1 unspecified atom stereocenters. The van der Waals surface area contributed by atoms with E-state index < -0.39 is 0 Å². The monoisotopic (exact) mass is 393 g/mol. The average Bonchev–Trinajstić information content (AvgIpc) is 3.17. The summed E-state index contributed by atoms with van der Waals surface area (Å²) in [6.07, 6.45) is 3.98. The van der Waals surface area contributed by atoms with Crippen LogP contribution >= 0.6 is 0 Å². The molecule has 3 heterocycles. The molecule has 1 aliphatic heterocycles. The van der Waals surface area contributed by atoms with Crippen LogP contribution in [0.5, 0.6) is 5.75 Å². The number of aromatic nitrogens is 2. The molecule has 8 heteroatoms. The van der Waals surface area contributed by atoms with Crippen LogP contribution in [0.1, 0.15) is 6.42 Å². The van der Waals surface area contributed by atoms with Crippen LogP contribution in [0.25, 0.3) is 10.8 Å². The van der Waals surface area contributed by atoms with Gasteiger partial charge in [-0.2, -0.15) is 0 Å². The number of anilines is 2. The van der Waals surface area contributed by atoms with Crippen LogP contribution < -0.4 is 20.5 Å². The van der Waals surface area contributed by atoms with Crippen molar-refractivity contribution in [2.75, 3.05) is 37.4 Å². The van der Waals surface area contributed by atoms with Crippen LogP contribution in [0, 0.1) is 0 Å². The van der Waals surface area contributed by atoms with Gasteiger partial charge in [0, 0.05) is 50.5 Å². The van der Waals surface area contributed by atoms with Gasteiger partial charge in [-0.3, -0.25) is 4.79 Å². The van der Waals surface area contributed by atoms with Crippen LogP contribution in [0.2, 0.25) is 0 Å². The number of nitrogens with one attached hydrogen (secondary N) is 2. The molecule has 3 aromatic rings. The first kappa shape index (κ1) is 18.8. The van der Waals surface area contributed by atoms with Crippen LogP contribution in [0.15, 0.2) is 53.6 Å². The van der Waals surface area contributed by atoms with Crippen molar-refractivity contribution in [1.29, 1.82) is 0 Å². The van der Waals surface area contributed by atoms with E-state index >= 15 is 0 Å². The summed E-state index contributed by atoms with van der Waals surface area (Å²) in [7, 11) is 3.83. The maximum atomic E-state index is 12.7. The Morgan fingerprint density at radius 3 is 3.00 bits per heavy atom. The second-order valence-electron chi connectivity index (χ2n) is 7.23. The summed E-state index contributed by atoms with van der Waals surface area (Å²) in [6.45, 7) is 1.09. The Morgan fingerprint density at radius 1 is 1.31 bits per heavy atom. The number of amides is 2. The van der Waals surface area contributed by atoms with Crippen LogP contribution in [-0.2, 0) is 0 Å². The number of nitrogens with zero attached hydrogens (tertiary/aromatic N) is 3. The van der Waals surface area contributed by atoms with Gasteiger partial charge in [0.15, 0.2) is 11.6 Å². The molecule has 1 saturated heterocycles. The van der Waals surface area contributed by atoms with E-state index in [1.807, 2.05) is 43.3 Å². The van der Waals surface area contributed by atoms with E-state index in [4.69, 9.17) is 4.74 Å². The molecule has 2 N–H and O–H groups in total. The number of aromatic amines is 1. The smallest absolute Gasteiger partial charge is 0.321 e. The summed E-state index contributed by atoms with van der Waals surface area (Å²) in [4.78, 5) is 35.2. The van der Waals surface area contributed by atoms with Gasteiger partial charge < -0.3 is 24.8 Å². The van der Waals surface area contributed by atoms with E-state index in [1.165, 1.54) is 0 Å². The minimum Gasteiger partial charge on any atom is -0.485 e. The van der Waals surface area contributed by atoms with Gasteiger partial charge >= 0.3 is 6.03 Å². The fraction of sp³-hybridized carbons (Fsp3) is 0.286. The Balaban J connectivity index is 1.41. The molecule has 29 heavy (non-hydrogen) atoms. The minimum atomic E-state index is -0.207. The predicted octanol–water partition coefficient (Wildman–Crippen LogP) is 2.67. The number of likely N-dealkylation sites (tertiary alicyclic amines) is 1. The van der Waals surface area contributed by atoms with Gasteiger partial charge in [-0.05, 0) is 35.7 Å². The number of urea groups is 1. The number of fused-ring (bicyclic) bond motifs is 1. The fourth-order valence-electron chi connectivity index (χ4n) is 3.46. The van der Waals surface area contributed by atoms with E-state index in [1.54, 1.807) is 29.4 Å². The number of benzene rings is 1. The van der Waals surface area contributed by atoms with Gasteiger partial charge in [-0.1, -0.05) is 6.07 Å². The Kier molecular flexibility index (Phi) is 5.07. The molecule has 1 atom stereocenters. The van der Waals surface area contributed by atoms with Crippen molar-refractivity contribution >= 4 is 28.3 Å². The van der Waals surface area contributed by atoms with Crippen molar-refractivity contribution in [3.8, 4) is 5.75 Å². The van der Waals surface area contributed by atoms with Crippen molar-refractivity contribution in [2.45, 2.75) is 12.5 Å². The third-order valence-corrected chi connectivity index (χ3v) is 4.93. The lowest BCUT2D eigenvalue weighted by Gasteiger charge is -2.20. The standard InChI is InChI=1S/C21H23N5O3/c1-25(2)19-18(4-3-9-22-19)29-16-8-11-26(13-16)21(28)24-15-6-5-14-7-10-23-20(27)17(14)12-15/h3-7,9-10,12,16H,8,11,13H2,1-2H3,(H,23,27)(H,24,28). The SMILES string of the molecule is CN(C)c1ncccc1OC1CCN(C(=O)Nc2ccc3cc[nH]c(=O)c3c2)C1. The molecule has 8 nitrogen and oxygen atoms in total. The van der Waals surface area contributed by atoms with Gasteiger partial charge in [0.25, 0.3) is 5.56 Å². The van der Waals surface area contributed by atoms with E-state index in [0.717, 1.165) is 17.6 Å². The molecule has 150 valence electrons. The van der Waals surface area contributed by atoms with Crippen molar-refractivity contribution in [3.05, 3.63) is 59.1 Å². The first-order chi connectivity index (χ1) is 14.0. The number of pyridine rings is 2. The summed E-state index contributed by atoms with van der Waals surface area (Å²) in [5.74, 6) is 1.47. The molecule has 2 aromatic heterocycles. The first-order valence-electron chi connectivity index (χ1n) is 9.47. The maximum absolute atomic E-state index is 12.7. The first-order valence-corrected chi connectivity index (χ1v) is 9.47. The van der Waals surface area contributed by atoms with Crippen molar-refractivity contribution in [2.24, 2.45) is 0 Å². The highest BCUT2D eigenvalue weighted by Crippen LogP contribution is 2.27. The summed E-state index contributed by atoms with van der Waals surface area (Å²) < 4.78 is 6.10. The zero-order valence-corrected chi connectivity index (χ0v) is 16.4.